The van der Waals surface area contributed by atoms with Crippen LogP contribution in [0.15, 0.2) is 109 Å². The Balaban J connectivity index is 1.41. The second-order valence-corrected chi connectivity index (χ2v) is 23.4. The van der Waals surface area contributed by atoms with Crippen molar-refractivity contribution in [3.8, 4) is 0 Å². The molecule has 0 heterocycles. The zero-order valence-corrected chi connectivity index (χ0v) is 42.8. The largest absolute Gasteiger partial charge is 0.465 e. The van der Waals surface area contributed by atoms with Crippen LogP contribution >= 0.6 is 0 Å². The number of esters is 3. The maximum atomic E-state index is 13.2. The summed E-state index contributed by atoms with van der Waals surface area (Å²) in [4.78, 5) is 39.7. The molecule has 0 aromatic heterocycles. The van der Waals surface area contributed by atoms with E-state index in [1.165, 1.54) is 103 Å². The first kappa shape index (κ1) is 44.1. The smallest absolute Gasteiger partial charge is 0.337 e. The maximum Gasteiger partial charge on any atom is 0.337 e. The topological polar surface area (TPSA) is 78.9 Å². The number of carbonyl (C=O) groups excluding carboxylic acids is 3. The number of hydrogen-bond donors (Lipinski definition) is 0. The van der Waals surface area contributed by atoms with Gasteiger partial charge in [0.15, 0.2) is 0 Å². The molecule has 0 atom stereocenters. The van der Waals surface area contributed by atoms with Gasteiger partial charge in [-0.25, -0.2) is 14.4 Å². The fourth-order valence-electron chi connectivity index (χ4n) is 12.5. The molecule has 0 aliphatic heterocycles. The highest BCUT2D eigenvalue weighted by atomic mass is 16.5. The summed E-state index contributed by atoms with van der Waals surface area (Å²) in [6, 6.07) is 39.3. The number of methoxy groups -OCH3 is 3. The molecule has 0 fully saturated rings. The first-order valence-corrected chi connectivity index (χ1v) is 24.9. The van der Waals surface area contributed by atoms with Gasteiger partial charge in [0, 0.05) is 0 Å². The van der Waals surface area contributed by atoms with Gasteiger partial charge in [-0.05, 0) is 253 Å². The Morgan fingerprint density at radius 1 is 0.278 bits per heavy atom. The second-order valence-electron chi connectivity index (χ2n) is 23.4. The highest BCUT2D eigenvalue weighted by Crippen LogP contribution is 2.58. The van der Waals surface area contributed by atoms with E-state index in [4.69, 9.17) is 14.2 Å². The number of benzene rings is 10. The molecule has 0 aliphatic carbocycles. The Morgan fingerprint density at radius 3 is 0.722 bits per heavy atom. The van der Waals surface area contributed by atoms with Crippen LogP contribution in [0.4, 0.5) is 0 Å². The van der Waals surface area contributed by atoms with Crippen molar-refractivity contribution in [3.05, 3.63) is 143 Å². The number of carbonyl (C=O) groups is 3. The van der Waals surface area contributed by atoms with Gasteiger partial charge in [-0.3, -0.25) is 0 Å². The lowest BCUT2D eigenvalue weighted by Crippen LogP contribution is -2.10. The summed E-state index contributed by atoms with van der Waals surface area (Å²) >= 11 is 0. The zero-order chi connectivity index (χ0) is 50.4. The summed E-state index contributed by atoms with van der Waals surface area (Å²) in [5.41, 5.74) is 4.52. The minimum atomic E-state index is -0.376. The van der Waals surface area contributed by atoms with Gasteiger partial charge >= 0.3 is 17.9 Å². The Bertz CT molecular complexity index is 4110. The lowest BCUT2D eigenvalue weighted by molar-refractivity contribution is 0.0592. The van der Waals surface area contributed by atoms with E-state index in [9.17, 15) is 14.4 Å². The molecule has 0 unspecified atom stereocenters. The van der Waals surface area contributed by atoms with E-state index in [1.54, 1.807) is 0 Å². The Hall–Kier alpha value is -7.83. The fourth-order valence-corrected chi connectivity index (χ4v) is 12.5. The fraction of sp³-hybridized carbons (Fsp3) is 0.227. The molecule has 72 heavy (non-hydrogen) atoms. The van der Waals surface area contributed by atoms with Crippen LogP contribution in [0.5, 0.6) is 0 Å². The van der Waals surface area contributed by atoms with Crippen molar-refractivity contribution in [2.75, 3.05) is 21.3 Å². The number of hydrogen-bond acceptors (Lipinski definition) is 6. The number of rotatable bonds is 3. The molecule has 0 saturated heterocycles. The molecule has 13 aromatic carbocycles. The molecule has 13 aromatic rings. The van der Waals surface area contributed by atoms with E-state index in [1.807, 2.05) is 36.4 Å². The van der Waals surface area contributed by atoms with Crippen molar-refractivity contribution in [2.45, 2.75) is 78.6 Å². The molecule has 0 radical (unpaired) electrons. The summed E-state index contributed by atoms with van der Waals surface area (Å²) in [5.74, 6) is -1.13. The highest BCUT2D eigenvalue weighted by molar-refractivity contribution is 6.57. The molecule has 0 bridgehead atoms. The quantitative estimate of drug-likeness (QED) is 0.0997. The molecule has 6 nitrogen and oxygen atoms in total. The lowest BCUT2D eigenvalue weighted by Gasteiger charge is -2.20. The van der Waals surface area contributed by atoms with Gasteiger partial charge in [-0.1, -0.05) is 80.5 Å². The maximum absolute atomic E-state index is 13.2. The van der Waals surface area contributed by atoms with E-state index in [-0.39, 0.29) is 34.2 Å². The van der Waals surface area contributed by atoms with Crippen molar-refractivity contribution in [1.29, 1.82) is 0 Å². The highest BCUT2D eigenvalue weighted by Gasteiger charge is 2.32. The van der Waals surface area contributed by atoms with E-state index in [2.05, 4.69) is 135 Å². The molecule has 0 saturated carbocycles. The van der Waals surface area contributed by atoms with Crippen LogP contribution in [0, 0.1) is 0 Å². The Kier molecular flexibility index (Phi) is 8.83. The molecule has 0 spiro atoms. The van der Waals surface area contributed by atoms with Crippen LogP contribution in [-0.2, 0) is 30.5 Å². The molecular weight excluding hydrogens is 889 g/mol. The third kappa shape index (κ3) is 5.86. The third-order valence-electron chi connectivity index (χ3n) is 16.1. The van der Waals surface area contributed by atoms with Gasteiger partial charge in [0.1, 0.15) is 0 Å². The van der Waals surface area contributed by atoms with Crippen molar-refractivity contribution in [2.24, 2.45) is 0 Å². The Morgan fingerprint density at radius 2 is 0.500 bits per heavy atom. The normalized spacial score (nSPS) is 13.2. The summed E-state index contributed by atoms with van der Waals surface area (Å²) in [5, 5.41) is 27.1. The summed E-state index contributed by atoms with van der Waals surface area (Å²) in [6.45, 7) is 20.5. The standard InChI is InChI=1S/C66H54O6/c1-64(2,3)37-25-43-40-16-13-31(61(67)70-10)19-34(40)22-46-52(43)49(28-37)58-55(46)59-51-30-39(66(7,8)9)27-45-42-18-15-33(63(69)72-12)21-36(42)24-48(54(45)51)57(59)60-50-29-38(65(4,5)6)26-44-41-17-14-32(62(68)71-11)20-35(41)23-47(53(44)50)56(58)60/h13-30H,1-12H3. The minimum absolute atomic E-state index is 0.209. The van der Waals surface area contributed by atoms with Gasteiger partial charge in [-0.2, -0.15) is 0 Å². The van der Waals surface area contributed by atoms with Crippen molar-refractivity contribution in [1.82, 2.24) is 0 Å². The molecule has 0 N–H and O–H groups in total. The first-order chi connectivity index (χ1) is 34.2. The predicted molar refractivity (Wildman–Crippen MR) is 300 cm³/mol. The average Bonchev–Trinajstić information content (AvgIpc) is 3.97. The molecule has 6 heteroatoms. The van der Waals surface area contributed by atoms with Crippen molar-refractivity contribution in [3.63, 3.8) is 0 Å². The average molecular weight is 943 g/mol. The van der Waals surface area contributed by atoms with Crippen LogP contribution in [0.2, 0.25) is 0 Å². The van der Waals surface area contributed by atoms with E-state index < -0.39 is 0 Å². The van der Waals surface area contributed by atoms with Crippen LogP contribution < -0.4 is 0 Å². The van der Waals surface area contributed by atoms with Crippen LogP contribution in [-0.4, -0.2) is 39.2 Å². The molecule has 0 aliphatic rings. The van der Waals surface area contributed by atoms with Crippen molar-refractivity contribution < 1.29 is 28.6 Å². The van der Waals surface area contributed by atoms with Crippen LogP contribution in [0.3, 0.4) is 0 Å². The van der Waals surface area contributed by atoms with Crippen molar-refractivity contribution >= 4 is 147 Å². The van der Waals surface area contributed by atoms with Gasteiger partial charge in [0.05, 0.1) is 38.0 Å². The van der Waals surface area contributed by atoms with Crippen LogP contribution in [0.25, 0.3) is 129 Å². The number of ether oxygens (including phenoxy) is 3. The first-order valence-electron chi connectivity index (χ1n) is 24.9. The molecule has 0 amide bonds. The minimum Gasteiger partial charge on any atom is -0.465 e. The zero-order valence-electron chi connectivity index (χ0n) is 42.8. The SMILES string of the molecule is COC(=O)c1ccc2c(c1)cc1c3c2cc(C(C)(C)C)cc3c2c1c1c3cc(C(C)(C)C)cc4c5ccc(C(=O)OC)cc5cc(c43)c1c1c3cc(C(C)(C)C)cc4c5ccc(C(=O)OC)cc5cc(c43)c21. The summed E-state index contributed by atoms with van der Waals surface area (Å²) in [6.07, 6.45) is 0. The monoisotopic (exact) mass is 942 g/mol. The van der Waals surface area contributed by atoms with E-state index in [0.717, 1.165) is 64.6 Å². The van der Waals surface area contributed by atoms with E-state index in [0.29, 0.717) is 16.7 Å². The molecule has 13 rings (SSSR count). The van der Waals surface area contributed by atoms with Gasteiger partial charge in [0.2, 0.25) is 0 Å². The molecule has 354 valence electrons. The summed E-state index contributed by atoms with van der Waals surface area (Å²) < 4.78 is 15.9. The summed E-state index contributed by atoms with van der Waals surface area (Å²) in [7, 11) is 4.29. The van der Waals surface area contributed by atoms with Gasteiger partial charge < -0.3 is 14.2 Å². The second kappa shape index (κ2) is 14.4. The lowest BCUT2D eigenvalue weighted by atomic mass is 9.84. The third-order valence-corrected chi connectivity index (χ3v) is 16.1. The van der Waals surface area contributed by atoms with Gasteiger partial charge in [-0.15, -0.1) is 0 Å². The van der Waals surface area contributed by atoms with E-state index >= 15 is 0 Å². The van der Waals surface area contributed by atoms with Gasteiger partial charge in [0.25, 0.3) is 0 Å². The Labute approximate surface area is 416 Å². The predicted octanol–water partition coefficient (Wildman–Crippen LogP) is 17.1. The molecular formula is C66H54O6. The van der Waals surface area contributed by atoms with Crippen LogP contribution in [0.1, 0.15) is 110 Å². The number of fused-ring (bicyclic) bond motifs is 18.